The van der Waals surface area contributed by atoms with Crippen molar-refractivity contribution < 1.29 is 18.1 Å². The third-order valence-corrected chi connectivity index (χ3v) is 4.14. The normalized spacial score (nSPS) is 12.9. The summed E-state index contributed by atoms with van der Waals surface area (Å²) < 4.78 is 29.5. The van der Waals surface area contributed by atoms with Crippen LogP contribution in [0.25, 0.3) is 0 Å². The summed E-state index contributed by atoms with van der Waals surface area (Å²) in [7, 11) is -3.84. The van der Waals surface area contributed by atoms with E-state index in [2.05, 4.69) is 6.92 Å². The Hall–Kier alpha value is 0.870. The first-order valence-corrected chi connectivity index (χ1v) is 9.20. The third kappa shape index (κ3) is 18.9. The average Bonchev–Trinajstić information content (AvgIpc) is 2.32. The second-order valence-electron chi connectivity index (χ2n) is 5.35. The SMILES string of the molecule is CCCCCCCCCC(O)CCCCS(=O)(=O)O.[NaH]. The van der Waals surface area contributed by atoms with Crippen molar-refractivity contribution >= 4 is 39.7 Å². The van der Waals surface area contributed by atoms with Crippen LogP contribution in [0.4, 0.5) is 0 Å². The van der Waals surface area contributed by atoms with Crippen molar-refractivity contribution in [1.29, 1.82) is 0 Å². The van der Waals surface area contributed by atoms with Gasteiger partial charge < -0.3 is 5.11 Å². The molecule has 0 rings (SSSR count). The van der Waals surface area contributed by atoms with Gasteiger partial charge in [0.25, 0.3) is 10.1 Å². The van der Waals surface area contributed by atoms with Crippen molar-refractivity contribution in [3.8, 4) is 0 Å². The fraction of sp³-hybridized carbons (Fsp3) is 1.00. The summed E-state index contributed by atoms with van der Waals surface area (Å²) in [5.74, 6) is -0.197. The van der Waals surface area contributed by atoms with Gasteiger partial charge in [-0.05, 0) is 25.7 Å². The van der Waals surface area contributed by atoms with E-state index in [-0.39, 0.29) is 41.4 Å². The first kappa shape index (κ1) is 23.1. The Morgan fingerprint density at radius 1 is 0.850 bits per heavy atom. The molecule has 0 radical (unpaired) electrons. The molecule has 1 atom stereocenters. The summed E-state index contributed by atoms with van der Waals surface area (Å²) in [4.78, 5) is 0. The van der Waals surface area contributed by atoms with Crippen LogP contribution in [0, 0.1) is 0 Å². The number of hydrogen-bond acceptors (Lipinski definition) is 3. The van der Waals surface area contributed by atoms with Gasteiger partial charge in [-0.2, -0.15) is 8.42 Å². The molecule has 0 heterocycles. The number of rotatable bonds is 13. The van der Waals surface area contributed by atoms with Crippen molar-refractivity contribution in [3.63, 3.8) is 0 Å². The maximum absolute atomic E-state index is 10.5. The molecule has 0 bridgehead atoms. The number of hydrogen-bond donors (Lipinski definition) is 2. The van der Waals surface area contributed by atoms with Gasteiger partial charge in [0.15, 0.2) is 0 Å². The van der Waals surface area contributed by atoms with Crippen molar-refractivity contribution in [1.82, 2.24) is 0 Å². The van der Waals surface area contributed by atoms with Gasteiger partial charge in [0, 0.05) is 0 Å². The van der Waals surface area contributed by atoms with Gasteiger partial charge >= 0.3 is 29.6 Å². The summed E-state index contributed by atoms with van der Waals surface area (Å²) >= 11 is 0. The standard InChI is InChI=1S/C14H30O4S.Na.H/c1-2-3-4-5-6-7-8-11-14(15)12-9-10-13-19(16,17)18;;/h14-15H,2-13H2,1H3,(H,16,17,18);;. The fourth-order valence-electron chi connectivity index (χ4n) is 2.15. The molecule has 0 aliphatic rings. The molecule has 0 saturated carbocycles. The van der Waals surface area contributed by atoms with E-state index in [1.165, 1.54) is 38.5 Å². The van der Waals surface area contributed by atoms with Gasteiger partial charge in [-0.25, -0.2) is 0 Å². The van der Waals surface area contributed by atoms with Crippen LogP contribution in [0.1, 0.15) is 77.6 Å². The van der Waals surface area contributed by atoms with Gasteiger partial charge in [0.05, 0.1) is 11.9 Å². The molecule has 0 aromatic carbocycles. The summed E-state index contributed by atoms with van der Waals surface area (Å²) in [6.07, 6.45) is 10.8. The van der Waals surface area contributed by atoms with Gasteiger partial charge in [0.2, 0.25) is 0 Å². The Morgan fingerprint density at radius 3 is 1.80 bits per heavy atom. The van der Waals surface area contributed by atoms with Crippen LogP contribution in [0.15, 0.2) is 0 Å². The molecule has 0 aliphatic carbocycles. The second kappa shape index (κ2) is 14.8. The molecule has 1 unspecified atom stereocenters. The third-order valence-electron chi connectivity index (χ3n) is 3.33. The molecule has 0 spiro atoms. The van der Waals surface area contributed by atoms with Crippen molar-refractivity contribution in [2.24, 2.45) is 0 Å². The fourth-order valence-corrected chi connectivity index (χ4v) is 2.71. The molecule has 20 heavy (non-hydrogen) atoms. The van der Waals surface area contributed by atoms with E-state index in [0.717, 1.165) is 12.8 Å². The average molecular weight is 318 g/mol. The monoisotopic (exact) mass is 318 g/mol. The molecular weight excluding hydrogens is 287 g/mol. The second-order valence-corrected chi connectivity index (χ2v) is 6.92. The van der Waals surface area contributed by atoms with Crippen LogP contribution in [0.3, 0.4) is 0 Å². The zero-order valence-electron chi connectivity index (χ0n) is 12.2. The van der Waals surface area contributed by atoms with Crippen LogP contribution in [-0.2, 0) is 10.1 Å². The van der Waals surface area contributed by atoms with Crippen molar-refractivity contribution in [2.75, 3.05) is 5.75 Å². The van der Waals surface area contributed by atoms with Gasteiger partial charge in [-0.3, -0.25) is 4.55 Å². The summed E-state index contributed by atoms with van der Waals surface area (Å²) in [5.41, 5.74) is 0. The Balaban J connectivity index is 0. The zero-order chi connectivity index (χ0) is 14.6. The molecule has 0 aromatic heterocycles. The maximum atomic E-state index is 10.5. The Labute approximate surface area is 146 Å². The van der Waals surface area contributed by atoms with Gasteiger partial charge in [0.1, 0.15) is 0 Å². The molecular formula is C14H31NaO4S. The zero-order valence-corrected chi connectivity index (χ0v) is 13.0. The Bertz CT molecular complexity index is 294. The van der Waals surface area contributed by atoms with Crippen LogP contribution in [-0.4, -0.2) is 59.5 Å². The van der Waals surface area contributed by atoms with Crippen molar-refractivity contribution in [3.05, 3.63) is 0 Å². The minimum absolute atomic E-state index is 0. The molecule has 0 fully saturated rings. The summed E-state index contributed by atoms with van der Waals surface area (Å²) in [6.45, 7) is 2.21. The summed E-state index contributed by atoms with van der Waals surface area (Å²) in [5, 5.41) is 9.71. The topological polar surface area (TPSA) is 74.6 Å². The van der Waals surface area contributed by atoms with Crippen molar-refractivity contribution in [2.45, 2.75) is 83.7 Å². The molecule has 0 saturated heterocycles. The van der Waals surface area contributed by atoms with Gasteiger partial charge in [-0.15, -0.1) is 0 Å². The van der Waals surface area contributed by atoms with Crippen LogP contribution >= 0.6 is 0 Å². The van der Waals surface area contributed by atoms with Crippen LogP contribution < -0.4 is 0 Å². The van der Waals surface area contributed by atoms with E-state index in [1.54, 1.807) is 0 Å². The van der Waals surface area contributed by atoms with E-state index < -0.39 is 10.1 Å². The van der Waals surface area contributed by atoms with E-state index in [1.807, 2.05) is 0 Å². The molecule has 0 aliphatic heterocycles. The first-order chi connectivity index (χ1) is 8.95. The quantitative estimate of drug-likeness (QED) is 0.311. The number of aliphatic hydroxyl groups is 1. The molecule has 0 amide bonds. The van der Waals surface area contributed by atoms with E-state index in [4.69, 9.17) is 4.55 Å². The predicted octanol–water partition coefficient (Wildman–Crippen LogP) is 2.90. The van der Waals surface area contributed by atoms with E-state index >= 15 is 0 Å². The minimum atomic E-state index is -3.84. The summed E-state index contributed by atoms with van der Waals surface area (Å²) in [6, 6.07) is 0. The van der Waals surface area contributed by atoms with E-state index in [9.17, 15) is 13.5 Å². The Kier molecular flexibility index (Phi) is 17.1. The predicted molar refractivity (Wildman–Crippen MR) is 86.0 cm³/mol. The Morgan fingerprint density at radius 2 is 1.30 bits per heavy atom. The van der Waals surface area contributed by atoms with Crippen LogP contribution in [0.2, 0.25) is 0 Å². The molecule has 0 aromatic rings. The van der Waals surface area contributed by atoms with Crippen LogP contribution in [0.5, 0.6) is 0 Å². The molecule has 4 nitrogen and oxygen atoms in total. The van der Waals surface area contributed by atoms with Gasteiger partial charge in [-0.1, -0.05) is 51.9 Å². The molecule has 118 valence electrons. The number of unbranched alkanes of at least 4 members (excludes halogenated alkanes) is 7. The van der Waals surface area contributed by atoms with E-state index in [0.29, 0.717) is 19.3 Å². The molecule has 6 heteroatoms. The molecule has 2 N–H and O–H groups in total. The number of aliphatic hydroxyl groups excluding tert-OH is 1. The first-order valence-electron chi connectivity index (χ1n) is 7.59.